The highest BCUT2D eigenvalue weighted by Crippen LogP contribution is 2.25. The van der Waals surface area contributed by atoms with Crippen LogP contribution in [0.15, 0.2) is 36.4 Å². The number of unbranched alkanes of at least 4 members (excludes halogenated alkanes) is 14. The molecule has 0 saturated heterocycles. The molecular weight excluding hydrogens is 478 g/mol. The number of fused-ring (bicyclic) bond motifs is 1. The lowest BCUT2D eigenvalue weighted by Crippen LogP contribution is -2.41. The van der Waals surface area contributed by atoms with Crippen molar-refractivity contribution in [1.82, 2.24) is 0 Å². The highest BCUT2D eigenvalue weighted by atomic mass is 16.4. The van der Waals surface area contributed by atoms with Gasteiger partial charge in [-0.2, -0.15) is 0 Å². The smallest absolute Gasteiger partial charge is 0.0782 e. The summed E-state index contributed by atoms with van der Waals surface area (Å²) >= 11 is 0. The van der Waals surface area contributed by atoms with Gasteiger partial charge < -0.3 is 14.4 Å². The Kier molecular flexibility index (Phi) is 18.9. The van der Waals surface area contributed by atoms with Gasteiger partial charge in [0.15, 0.2) is 0 Å². The third-order valence-corrected chi connectivity index (χ3v) is 8.17. The van der Waals surface area contributed by atoms with Crippen molar-refractivity contribution in [2.75, 3.05) is 27.2 Å². The summed E-state index contributed by atoms with van der Waals surface area (Å²) in [4.78, 5) is 10.8. The van der Waals surface area contributed by atoms with E-state index in [1.54, 1.807) is 6.92 Å². The molecule has 1 aromatic carbocycles. The van der Waals surface area contributed by atoms with Gasteiger partial charge in [0.05, 0.1) is 27.2 Å². The summed E-state index contributed by atoms with van der Waals surface area (Å²) in [7, 11) is 4.87. The number of carboxylic acid groups (broad SMARTS) is 1. The predicted molar refractivity (Wildman–Crippen MR) is 169 cm³/mol. The van der Waals surface area contributed by atoms with E-state index in [4.69, 9.17) is 0 Å². The number of hydrogen-bond acceptors (Lipinski definition) is 2. The van der Waals surface area contributed by atoms with Crippen molar-refractivity contribution in [1.29, 1.82) is 0 Å². The average Bonchev–Trinajstić information content (AvgIpc) is 2.91. The van der Waals surface area contributed by atoms with Gasteiger partial charge in [-0.3, -0.25) is 0 Å². The van der Waals surface area contributed by atoms with Gasteiger partial charge in [0.2, 0.25) is 0 Å². The summed E-state index contributed by atoms with van der Waals surface area (Å²) in [5, 5.41) is 10.8. The third kappa shape index (κ3) is 16.7. The SMILES string of the molecule is C=C1C=Cc2cc([C@H](C)C(=O)[O-])ccc2C1.CCCCCCCCCC[N+](C)(C)CCCCCCCCCC. The maximum absolute atomic E-state index is 10.8. The van der Waals surface area contributed by atoms with Gasteiger partial charge in [-0.1, -0.05) is 140 Å². The number of nitrogens with zero attached hydrogens (tertiary/aromatic N) is 1. The molecule has 0 bridgehead atoms. The van der Waals surface area contributed by atoms with Crippen LogP contribution in [0.4, 0.5) is 0 Å². The van der Waals surface area contributed by atoms with E-state index in [9.17, 15) is 9.90 Å². The van der Waals surface area contributed by atoms with Gasteiger partial charge in [-0.25, -0.2) is 0 Å². The van der Waals surface area contributed by atoms with Crippen molar-refractivity contribution in [3.63, 3.8) is 0 Å². The average molecular weight is 540 g/mol. The maximum atomic E-state index is 10.8. The first-order valence-electron chi connectivity index (χ1n) is 16.2. The molecule has 2 rings (SSSR count). The number of allylic oxidation sites excluding steroid dienone is 2. The molecule has 0 unspecified atom stereocenters. The van der Waals surface area contributed by atoms with Crippen molar-refractivity contribution in [3.05, 3.63) is 53.1 Å². The Balaban J connectivity index is 0.000000412. The molecule has 0 aromatic heterocycles. The van der Waals surface area contributed by atoms with Crippen molar-refractivity contribution < 1.29 is 14.4 Å². The molecule has 1 aromatic rings. The standard InChI is InChI=1S/C22H48N.C14H14O2/c1-5-7-9-11-13-15-17-19-21-23(3,4)22-20-18-16-14-12-10-8-6-2;1-9-3-4-13-8-11(10(2)14(15)16)5-6-12(13)7-9/h5-22H2,1-4H3;3-6,8,10H,1,7H2,2H3,(H,15,16)/q+1;/p-1/t;10-/m.0/s1. The molecule has 0 saturated carbocycles. The Morgan fingerprint density at radius 3 is 1.72 bits per heavy atom. The fourth-order valence-corrected chi connectivity index (χ4v) is 5.31. The molecule has 0 radical (unpaired) electrons. The molecule has 0 amide bonds. The van der Waals surface area contributed by atoms with Gasteiger partial charge in [0.1, 0.15) is 0 Å². The van der Waals surface area contributed by atoms with Crippen LogP contribution in [0.3, 0.4) is 0 Å². The quantitative estimate of drug-likeness (QED) is 0.122. The van der Waals surface area contributed by atoms with Crippen molar-refractivity contribution in [2.24, 2.45) is 0 Å². The maximum Gasteiger partial charge on any atom is 0.0782 e. The minimum atomic E-state index is -1.04. The fraction of sp³-hybridized carbons (Fsp3) is 0.694. The van der Waals surface area contributed by atoms with E-state index in [0.717, 1.165) is 23.1 Å². The highest BCUT2D eigenvalue weighted by Gasteiger charge is 2.14. The number of aliphatic carboxylic acids is 1. The van der Waals surface area contributed by atoms with Gasteiger partial charge >= 0.3 is 0 Å². The molecule has 0 fully saturated rings. The first kappa shape index (κ1) is 35.2. The number of quaternary nitrogens is 1. The summed E-state index contributed by atoms with van der Waals surface area (Å²) in [6.45, 7) is 12.9. The van der Waals surface area contributed by atoms with E-state index in [1.165, 1.54) is 126 Å². The highest BCUT2D eigenvalue weighted by molar-refractivity contribution is 5.74. The lowest BCUT2D eigenvalue weighted by Gasteiger charge is -2.30. The van der Waals surface area contributed by atoms with Crippen LogP contribution in [0.25, 0.3) is 6.08 Å². The second kappa shape index (κ2) is 21.0. The Bertz CT molecular complexity index is 816. The topological polar surface area (TPSA) is 40.1 Å². The zero-order chi connectivity index (χ0) is 28.9. The third-order valence-electron chi connectivity index (χ3n) is 8.17. The molecule has 3 nitrogen and oxygen atoms in total. The van der Waals surface area contributed by atoms with E-state index in [1.807, 2.05) is 30.4 Å². The molecule has 0 spiro atoms. The van der Waals surface area contributed by atoms with E-state index < -0.39 is 11.9 Å². The van der Waals surface area contributed by atoms with Crippen molar-refractivity contribution >= 4 is 12.0 Å². The summed E-state index contributed by atoms with van der Waals surface area (Å²) < 4.78 is 1.24. The Hall–Kier alpha value is -1.87. The first-order valence-corrected chi connectivity index (χ1v) is 16.2. The van der Waals surface area contributed by atoms with Crippen LogP contribution < -0.4 is 5.11 Å². The number of carbonyl (C=O) groups is 1. The first-order chi connectivity index (χ1) is 18.7. The number of carbonyl (C=O) groups excluding carboxylic acids is 1. The molecule has 0 aliphatic heterocycles. The number of carboxylic acids is 1. The van der Waals surface area contributed by atoms with E-state index >= 15 is 0 Å². The molecule has 1 atom stereocenters. The van der Waals surface area contributed by atoms with Crippen LogP contribution in [0.5, 0.6) is 0 Å². The van der Waals surface area contributed by atoms with E-state index in [0.29, 0.717) is 0 Å². The Labute approximate surface area is 242 Å². The second-order valence-corrected chi connectivity index (χ2v) is 12.5. The predicted octanol–water partition coefficient (Wildman–Crippen LogP) is 9.01. The Morgan fingerprint density at radius 1 is 0.795 bits per heavy atom. The van der Waals surface area contributed by atoms with Crippen LogP contribution in [-0.4, -0.2) is 37.6 Å². The van der Waals surface area contributed by atoms with Gasteiger partial charge in [0.25, 0.3) is 0 Å². The lowest BCUT2D eigenvalue weighted by atomic mass is 9.90. The van der Waals surface area contributed by atoms with Crippen LogP contribution in [0.1, 0.15) is 146 Å². The summed E-state index contributed by atoms with van der Waals surface area (Å²) in [6.07, 6.45) is 27.8. The van der Waals surface area contributed by atoms with E-state index in [2.05, 4.69) is 34.5 Å². The minimum absolute atomic E-state index is 0.566. The summed E-state index contributed by atoms with van der Waals surface area (Å²) in [6, 6.07) is 5.74. The number of rotatable bonds is 20. The number of hydrogen-bond donors (Lipinski definition) is 0. The molecule has 1 aliphatic carbocycles. The normalized spacial score (nSPS) is 13.5. The van der Waals surface area contributed by atoms with Crippen molar-refractivity contribution in [2.45, 2.75) is 136 Å². The lowest BCUT2D eigenvalue weighted by molar-refractivity contribution is -0.890. The van der Waals surface area contributed by atoms with Crippen LogP contribution >= 0.6 is 0 Å². The molecule has 1 aliphatic rings. The van der Waals surface area contributed by atoms with Crippen LogP contribution in [0, 0.1) is 0 Å². The molecule has 222 valence electrons. The molecule has 3 heteroatoms. The van der Waals surface area contributed by atoms with Gasteiger partial charge in [0, 0.05) is 11.9 Å². The minimum Gasteiger partial charge on any atom is -0.550 e. The van der Waals surface area contributed by atoms with Gasteiger partial charge in [-0.15, -0.1) is 0 Å². The zero-order valence-corrected chi connectivity index (χ0v) is 26.4. The zero-order valence-electron chi connectivity index (χ0n) is 26.4. The molecule has 39 heavy (non-hydrogen) atoms. The Morgan fingerprint density at radius 2 is 1.26 bits per heavy atom. The molecule has 0 heterocycles. The summed E-state index contributed by atoms with van der Waals surface area (Å²) in [5.41, 5.74) is 4.14. The molecule has 0 N–H and O–H groups in total. The number of benzene rings is 1. The van der Waals surface area contributed by atoms with Crippen LogP contribution in [0.2, 0.25) is 0 Å². The monoisotopic (exact) mass is 539 g/mol. The fourth-order valence-electron chi connectivity index (χ4n) is 5.31. The van der Waals surface area contributed by atoms with Crippen LogP contribution in [-0.2, 0) is 11.2 Å². The van der Waals surface area contributed by atoms with Gasteiger partial charge in [-0.05, 0) is 48.8 Å². The largest absolute Gasteiger partial charge is 0.550 e. The molecular formula is C36H61NO2. The second-order valence-electron chi connectivity index (χ2n) is 12.5. The summed E-state index contributed by atoms with van der Waals surface area (Å²) in [5.74, 6) is -1.60. The van der Waals surface area contributed by atoms with Crippen molar-refractivity contribution in [3.8, 4) is 0 Å². The van der Waals surface area contributed by atoms with E-state index in [-0.39, 0.29) is 0 Å².